The van der Waals surface area contributed by atoms with E-state index in [1.807, 2.05) is 36.9 Å². The van der Waals surface area contributed by atoms with Gasteiger partial charge in [0.2, 0.25) is 0 Å². The highest BCUT2D eigenvalue weighted by Gasteiger charge is 2.11. The van der Waals surface area contributed by atoms with Crippen molar-refractivity contribution >= 4 is 23.3 Å². The molecule has 0 atom stereocenters. The Morgan fingerprint density at radius 1 is 1.29 bits per heavy atom. The van der Waals surface area contributed by atoms with E-state index in [9.17, 15) is 9.18 Å². The second kappa shape index (κ2) is 6.66. The minimum absolute atomic E-state index is 0.247. The molecule has 0 aliphatic rings. The Labute approximate surface area is 139 Å². The summed E-state index contributed by atoms with van der Waals surface area (Å²) in [5.41, 5.74) is 4.08. The fourth-order valence-corrected chi connectivity index (χ4v) is 2.65. The second-order valence-corrected chi connectivity index (χ2v) is 5.62. The van der Waals surface area contributed by atoms with Crippen molar-refractivity contribution < 1.29 is 9.18 Å². The maximum atomic E-state index is 13.0. The molecule has 0 saturated heterocycles. The number of nitrogens with one attached hydrogen (secondary N) is 1. The van der Waals surface area contributed by atoms with Crippen LogP contribution in [0.1, 0.15) is 28.5 Å². The number of aldehydes is 1. The number of hydrogen-bond donors (Lipinski definition) is 1. The lowest BCUT2D eigenvalue weighted by molar-refractivity contribution is 0.111. The van der Waals surface area contributed by atoms with E-state index < -0.39 is 0 Å². The minimum atomic E-state index is -0.247. The molecule has 3 aromatic rings. The first-order valence-electron chi connectivity index (χ1n) is 7.66. The molecule has 0 radical (unpaired) electrons. The van der Waals surface area contributed by atoms with Gasteiger partial charge in [-0.1, -0.05) is 12.1 Å². The summed E-state index contributed by atoms with van der Waals surface area (Å²) in [6, 6.07) is 8.41. The van der Waals surface area contributed by atoms with Crippen LogP contribution in [0.5, 0.6) is 0 Å². The van der Waals surface area contributed by atoms with Crippen molar-refractivity contribution in [3.63, 3.8) is 0 Å². The van der Waals surface area contributed by atoms with E-state index in [1.165, 1.54) is 12.1 Å². The molecule has 0 saturated carbocycles. The van der Waals surface area contributed by atoms with Gasteiger partial charge in [-0.05, 0) is 36.8 Å². The lowest BCUT2D eigenvalue weighted by Gasteiger charge is -2.08. The van der Waals surface area contributed by atoms with Crippen molar-refractivity contribution in [2.75, 3.05) is 7.05 Å². The molecule has 122 valence electrons. The van der Waals surface area contributed by atoms with Gasteiger partial charge in [0.15, 0.2) is 6.29 Å². The normalized spacial score (nSPS) is 11.7. The van der Waals surface area contributed by atoms with Gasteiger partial charge < -0.3 is 9.88 Å². The molecule has 4 nitrogen and oxygen atoms in total. The number of nitrogens with zero attached hydrogens (tertiary/aromatic N) is 2. The van der Waals surface area contributed by atoms with E-state index in [2.05, 4.69) is 10.3 Å². The SMILES string of the molecule is CN/C(C)=C\c1c(C=O)ncc2c1ccn2Cc1ccc(F)cc1. The zero-order chi connectivity index (χ0) is 17.1. The zero-order valence-electron chi connectivity index (χ0n) is 13.6. The number of rotatable bonds is 5. The Hall–Kier alpha value is -2.95. The maximum absolute atomic E-state index is 13.0. The summed E-state index contributed by atoms with van der Waals surface area (Å²) in [4.78, 5) is 15.6. The van der Waals surface area contributed by atoms with Gasteiger partial charge in [-0.25, -0.2) is 4.39 Å². The Kier molecular flexibility index (Phi) is 4.42. The molecule has 2 heterocycles. The van der Waals surface area contributed by atoms with E-state index in [4.69, 9.17) is 0 Å². The first kappa shape index (κ1) is 15.9. The molecule has 0 spiro atoms. The Morgan fingerprint density at radius 2 is 2.04 bits per heavy atom. The largest absolute Gasteiger partial charge is 0.392 e. The summed E-state index contributed by atoms with van der Waals surface area (Å²) in [7, 11) is 1.83. The molecule has 0 amide bonds. The fraction of sp³-hybridized carbons (Fsp3) is 0.158. The van der Waals surface area contributed by atoms with Crippen LogP contribution in [-0.4, -0.2) is 22.9 Å². The van der Waals surface area contributed by atoms with Crippen molar-refractivity contribution in [1.29, 1.82) is 0 Å². The summed E-state index contributed by atoms with van der Waals surface area (Å²) in [5.74, 6) is -0.247. The number of pyridine rings is 1. The summed E-state index contributed by atoms with van der Waals surface area (Å²) in [5, 5.41) is 4.02. The van der Waals surface area contributed by atoms with E-state index in [0.717, 1.165) is 34.0 Å². The molecular weight excluding hydrogens is 305 g/mol. The third-order valence-electron chi connectivity index (χ3n) is 4.03. The fourth-order valence-electron chi connectivity index (χ4n) is 2.65. The van der Waals surface area contributed by atoms with Gasteiger partial charge in [-0.15, -0.1) is 0 Å². The zero-order valence-corrected chi connectivity index (χ0v) is 13.6. The molecule has 0 fully saturated rings. The van der Waals surface area contributed by atoms with Crippen LogP contribution in [0, 0.1) is 5.82 Å². The van der Waals surface area contributed by atoms with E-state index >= 15 is 0 Å². The number of allylic oxidation sites excluding steroid dienone is 1. The Bertz CT molecular complexity index is 910. The molecule has 0 bridgehead atoms. The van der Waals surface area contributed by atoms with E-state index in [1.54, 1.807) is 18.3 Å². The van der Waals surface area contributed by atoms with Crippen LogP contribution in [0.2, 0.25) is 0 Å². The number of aromatic nitrogens is 2. The Morgan fingerprint density at radius 3 is 2.71 bits per heavy atom. The average molecular weight is 323 g/mol. The molecule has 0 aliphatic carbocycles. The third-order valence-corrected chi connectivity index (χ3v) is 4.03. The number of hydrogen-bond acceptors (Lipinski definition) is 3. The third kappa shape index (κ3) is 3.06. The highest BCUT2D eigenvalue weighted by atomic mass is 19.1. The quantitative estimate of drug-likeness (QED) is 0.730. The lowest BCUT2D eigenvalue weighted by Crippen LogP contribution is -2.03. The van der Waals surface area contributed by atoms with Gasteiger partial charge in [-0.2, -0.15) is 0 Å². The van der Waals surface area contributed by atoms with Crippen LogP contribution < -0.4 is 5.32 Å². The molecule has 5 heteroatoms. The molecular formula is C19H18FN3O. The predicted molar refractivity (Wildman–Crippen MR) is 93.3 cm³/mol. The molecule has 24 heavy (non-hydrogen) atoms. The first-order chi connectivity index (χ1) is 11.6. The van der Waals surface area contributed by atoms with Gasteiger partial charge in [0, 0.05) is 36.4 Å². The predicted octanol–water partition coefficient (Wildman–Crippen LogP) is 3.62. The molecule has 0 aliphatic heterocycles. The van der Waals surface area contributed by atoms with Gasteiger partial charge in [0.05, 0.1) is 11.7 Å². The van der Waals surface area contributed by atoms with E-state index in [-0.39, 0.29) is 5.82 Å². The minimum Gasteiger partial charge on any atom is -0.392 e. The second-order valence-electron chi connectivity index (χ2n) is 5.62. The molecule has 2 aromatic heterocycles. The summed E-state index contributed by atoms with van der Waals surface area (Å²) in [6.07, 6.45) is 6.35. The van der Waals surface area contributed by atoms with Gasteiger partial charge in [-0.3, -0.25) is 9.78 Å². The van der Waals surface area contributed by atoms with E-state index in [0.29, 0.717) is 12.2 Å². The van der Waals surface area contributed by atoms with Crippen molar-refractivity contribution in [1.82, 2.24) is 14.9 Å². The van der Waals surface area contributed by atoms with Crippen molar-refractivity contribution in [2.24, 2.45) is 0 Å². The molecule has 0 unspecified atom stereocenters. The van der Waals surface area contributed by atoms with Gasteiger partial charge in [0.25, 0.3) is 0 Å². The average Bonchev–Trinajstić information content (AvgIpc) is 3.00. The van der Waals surface area contributed by atoms with Crippen LogP contribution in [-0.2, 0) is 6.54 Å². The van der Waals surface area contributed by atoms with Crippen LogP contribution in [0.3, 0.4) is 0 Å². The van der Waals surface area contributed by atoms with Gasteiger partial charge >= 0.3 is 0 Å². The first-order valence-corrected chi connectivity index (χ1v) is 7.66. The van der Waals surface area contributed by atoms with Crippen molar-refractivity contribution in [3.05, 3.63) is 71.1 Å². The molecule has 1 N–H and O–H groups in total. The lowest BCUT2D eigenvalue weighted by atomic mass is 10.1. The number of fused-ring (bicyclic) bond motifs is 1. The summed E-state index contributed by atoms with van der Waals surface area (Å²) < 4.78 is 15.1. The van der Waals surface area contributed by atoms with Crippen LogP contribution in [0.4, 0.5) is 4.39 Å². The van der Waals surface area contributed by atoms with Gasteiger partial charge in [0.1, 0.15) is 11.5 Å². The Balaban J connectivity index is 2.08. The summed E-state index contributed by atoms with van der Waals surface area (Å²) >= 11 is 0. The standard InChI is InChI=1S/C19H18FN3O/c1-13(21-2)9-17-16-7-8-23(19(16)10-22-18(17)12-24)11-14-3-5-15(20)6-4-14/h3-10,12,21H,11H2,1-2H3/b13-9-. The van der Waals surface area contributed by atoms with Crippen molar-refractivity contribution in [3.8, 4) is 0 Å². The molecule has 1 aromatic carbocycles. The number of benzene rings is 1. The smallest absolute Gasteiger partial charge is 0.169 e. The van der Waals surface area contributed by atoms with Crippen LogP contribution in [0.25, 0.3) is 17.0 Å². The highest BCUT2D eigenvalue weighted by molar-refractivity contribution is 5.95. The maximum Gasteiger partial charge on any atom is 0.169 e. The summed E-state index contributed by atoms with van der Waals surface area (Å²) in [6.45, 7) is 2.54. The number of halogens is 1. The topological polar surface area (TPSA) is 46.9 Å². The van der Waals surface area contributed by atoms with Crippen LogP contribution in [0.15, 0.2) is 48.4 Å². The van der Waals surface area contributed by atoms with Crippen molar-refractivity contribution in [2.45, 2.75) is 13.5 Å². The number of carbonyl (C=O) groups is 1. The monoisotopic (exact) mass is 323 g/mol. The molecule has 3 rings (SSSR count). The van der Waals surface area contributed by atoms with Crippen LogP contribution >= 0.6 is 0 Å². The number of carbonyl (C=O) groups excluding carboxylic acids is 1. The highest BCUT2D eigenvalue weighted by Crippen LogP contribution is 2.24.